The monoisotopic (exact) mass is 149 g/mol. The van der Waals surface area contributed by atoms with Crippen molar-refractivity contribution in [1.82, 2.24) is 0 Å². The maximum Gasteiger partial charge on any atom is 0.172 e. The van der Waals surface area contributed by atoms with Crippen molar-refractivity contribution in [3.63, 3.8) is 0 Å². The van der Waals surface area contributed by atoms with E-state index in [0.717, 1.165) is 6.04 Å². The van der Waals surface area contributed by atoms with E-state index in [-0.39, 0.29) is 5.91 Å². The van der Waals surface area contributed by atoms with Crippen molar-refractivity contribution in [3.8, 4) is 0 Å². The van der Waals surface area contributed by atoms with Gasteiger partial charge in [0.25, 0.3) is 0 Å². The van der Waals surface area contributed by atoms with Crippen LogP contribution in [-0.2, 0) is 9.47 Å². The van der Waals surface area contributed by atoms with E-state index in [9.17, 15) is 0 Å². The highest BCUT2D eigenvalue weighted by molar-refractivity contribution is 6.56. The van der Waals surface area contributed by atoms with Gasteiger partial charge in [-0.3, -0.25) is 0 Å². The van der Waals surface area contributed by atoms with Gasteiger partial charge in [0.05, 0.1) is 0 Å². The van der Waals surface area contributed by atoms with Crippen LogP contribution < -0.4 is 5.40 Å². The van der Waals surface area contributed by atoms with Crippen molar-refractivity contribution >= 4 is 8.96 Å². The lowest BCUT2D eigenvalue weighted by Crippen LogP contribution is -2.41. The number of nitrogens with two attached hydrogens (primary N) is 1. The van der Waals surface area contributed by atoms with Crippen LogP contribution in [-0.4, -0.2) is 29.1 Å². The van der Waals surface area contributed by atoms with E-state index in [1.54, 1.807) is 14.2 Å². The third kappa shape index (κ3) is 2.95. The number of ether oxygens (including phenoxy) is 2. The first kappa shape index (κ1) is 9.10. The molecule has 0 amide bonds. The van der Waals surface area contributed by atoms with Crippen molar-refractivity contribution in [1.29, 1.82) is 0 Å². The standard InChI is InChI=1S/C5H15NO2Si/c1-4-9(6)5(7-2)8-3/h5,9H,4,6H2,1-3H3. The third-order valence-corrected chi connectivity index (χ3v) is 3.47. The fourth-order valence-corrected chi connectivity index (χ4v) is 1.72. The first-order valence-corrected chi connectivity index (χ1v) is 5.22. The van der Waals surface area contributed by atoms with Gasteiger partial charge in [0, 0.05) is 14.2 Å². The maximum atomic E-state index is 5.73. The molecule has 0 spiro atoms. The second kappa shape index (κ2) is 4.93. The SMILES string of the molecule is CC[SiH](N)C(OC)OC. The molecule has 1 unspecified atom stereocenters. The van der Waals surface area contributed by atoms with Crippen LogP contribution >= 0.6 is 0 Å². The predicted molar refractivity (Wildman–Crippen MR) is 39.6 cm³/mol. The zero-order chi connectivity index (χ0) is 7.28. The molecule has 56 valence electrons. The molecule has 0 bridgehead atoms. The Morgan fingerprint density at radius 1 is 1.44 bits per heavy atom. The molecule has 2 N–H and O–H groups in total. The molecule has 0 aromatic carbocycles. The topological polar surface area (TPSA) is 44.5 Å². The van der Waals surface area contributed by atoms with Gasteiger partial charge >= 0.3 is 0 Å². The van der Waals surface area contributed by atoms with E-state index in [2.05, 4.69) is 6.92 Å². The number of rotatable bonds is 4. The largest absolute Gasteiger partial charge is 0.358 e. The fourth-order valence-electron chi connectivity index (χ4n) is 0.638. The molecule has 0 aromatic rings. The van der Waals surface area contributed by atoms with Crippen LogP contribution in [0.4, 0.5) is 0 Å². The first-order valence-electron chi connectivity index (χ1n) is 3.07. The van der Waals surface area contributed by atoms with Gasteiger partial charge in [-0.05, 0) is 6.04 Å². The van der Waals surface area contributed by atoms with E-state index < -0.39 is 8.96 Å². The zero-order valence-electron chi connectivity index (χ0n) is 6.26. The van der Waals surface area contributed by atoms with Crippen LogP contribution in [0.1, 0.15) is 6.92 Å². The second-order valence-electron chi connectivity index (χ2n) is 1.91. The third-order valence-electron chi connectivity index (χ3n) is 1.29. The second-order valence-corrected chi connectivity index (χ2v) is 4.60. The Kier molecular flexibility index (Phi) is 4.98. The minimum atomic E-state index is -1.24. The van der Waals surface area contributed by atoms with Crippen LogP contribution in [0, 0.1) is 0 Å². The molecule has 0 aliphatic carbocycles. The summed E-state index contributed by atoms with van der Waals surface area (Å²) in [6, 6.07) is 1.01. The van der Waals surface area contributed by atoms with Crippen molar-refractivity contribution < 1.29 is 9.47 Å². The Bertz CT molecular complexity index is 68.0. The molecule has 0 saturated carbocycles. The lowest BCUT2D eigenvalue weighted by Gasteiger charge is -2.17. The van der Waals surface area contributed by atoms with Gasteiger partial charge in [0.1, 0.15) is 0 Å². The van der Waals surface area contributed by atoms with Gasteiger partial charge in [-0.25, -0.2) is 0 Å². The highest BCUT2D eigenvalue weighted by atomic mass is 28.3. The Balaban J connectivity index is 3.50. The predicted octanol–water partition coefficient (Wildman–Crippen LogP) is -0.153. The summed E-state index contributed by atoms with van der Waals surface area (Å²) in [5, 5.41) is 5.73. The van der Waals surface area contributed by atoms with E-state index in [1.807, 2.05) is 0 Å². The Labute approximate surface area is 57.8 Å². The molecule has 0 rings (SSSR count). The summed E-state index contributed by atoms with van der Waals surface area (Å²) in [4.78, 5) is 0. The molecule has 0 heterocycles. The molecular weight excluding hydrogens is 134 g/mol. The molecule has 0 radical (unpaired) electrons. The Morgan fingerprint density at radius 3 is 2.00 bits per heavy atom. The number of hydrogen-bond acceptors (Lipinski definition) is 3. The minimum absolute atomic E-state index is 0.116. The van der Waals surface area contributed by atoms with Crippen LogP contribution in [0.15, 0.2) is 0 Å². The van der Waals surface area contributed by atoms with Crippen LogP contribution in [0.3, 0.4) is 0 Å². The van der Waals surface area contributed by atoms with Crippen LogP contribution in [0.2, 0.25) is 6.04 Å². The van der Waals surface area contributed by atoms with Crippen molar-refractivity contribution in [2.45, 2.75) is 18.9 Å². The highest BCUT2D eigenvalue weighted by Crippen LogP contribution is 1.96. The smallest absolute Gasteiger partial charge is 0.172 e. The van der Waals surface area contributed by atoms with Crippen molar-refractivity contribution in [2.24, 2.45) is 5.40 Å². The summed E-state index contributed by atoms with van der Waals surface area (Å²) in [6.45, 7) is 2.06. The lowest BCUT2D eigenvalue weighted by atomic mass is 11.0. The Morgan fingerprint density at radius 2 is 1.89 bits per heavy atom. The average molecular weight is 149 g/mol. The lowest BCUT2D eigenvalue weighted by molar-refractivity contribution is -0.0474. The minimum Gasteiger partial charge on any atom is -0.358 e. The summed E-state index contributed by atoms with van der Waals surface area (Å²) in [5.41, 5.74) is 0. The molecule has 1 atom stereocenters. The van der Waals surface area contributed by atoms with E-state index in [4.69, 9.17) is 14.9 Å². The van der Waals surface area contributed by atoms with Gasteiger partial charge in [0.15, 0.2) is 14.9 Å². The fraction of sp³-hybridized carbons (Fsp3) is 1.00. The van der Waals surface area contributed by atoms with E-state index >= 15 is 0 Å². The number of methoxy groups -OCH3 is 2. The van der Waals surface area contributed by atoms with Gasteiger partial charge in [-0.1, -0.05) is 6.92 Å². The van der Waals surface area contributed by atoms with Crippen LogP contribution in [0.5, 0.6) is 0 Å². The number of hydrogen-bond donors (Lipinski definition) is 1. The van der Waals surface area contributed by atoms with Gasteiger partial charge in [-0.2, -0.15) is 0 Å². The molecule has 0 aromatic heterocycles. The van der Waals surface area contributed by atoms with Crippen LogP contribution in [0.25, 0.3) is 0 Å². The molecule has 0 saturated heterocycles. The normalized spacial score (nSPS) is 14.3. The summed E-state index contributed by atoms with van der Waals surface area (Å²) in [5.74, 6) is -0.116. The quantitative estimate of drug-likeness (QED) is 0.446. The van der Waals surface area contributed by atoms with Gasteiger partial charge < -0.3 is 14.9 Å². The molecule has 0 fully saturated rings. The molecule has 0 aliphatic heterocycles. The summed E-state index contributed by atoms with van der Waals surface area (Å²) in [6.07, 6.45) is 0. The molecule has 9 heavy (non-hydrogen) atoms. The molecule has 3 nitrogen and oxygen atoms in total. The van der Waals surface area contributed by atoms with Crippen molar-refractivity contribution in [3.05, 3.63) is 0 Å². The highest BCUT2D eigenvalue weighted by Gasteiger charge is 2.15. The van der Waals surface area contributed by atoms with Gasteiger partial charge in [0.2, 0.25) is 0 Å². The zero-order valence-corrected chi connectivity index (χ0v) is 7.41. The average Bonchev–Trinajstić information content (AvgIpc) is 1.90. The molecule has 4 heteroatoms. The Hall–Kier alpha value is 0.0969. The summed E-state index contributed by atoms with van der Waals surface area (Å²) < 4.78 is 9.93. The first-order chi connectivity index (χ1) is 4.26. The molecule has 0 aliphatic rings. The maximum absolute atomic E-state index is 5.73. The van der Waals surface area contributed by atoms with E-state index in [0.29, 0.717) is 0 Å². The summed E-state index contributed by atoms with van der Waals surface area (Å²) >= 11 is 0. The van der Waals surface area contributed by atoms with E-state index in [1.165, 1.54) is 0 Å². The van der Waals surface area contributed by atoms with Gasteiger partial charge in [-0.15, -0.1) is 0 Å². The summed E-state index contributed by atoms with van der Waals surface area (Å²) in [7, 11) is 2.00. The van der Waals surface area contributed by atoms with Crippen molar-refractivity contribution in [2.75, 3.05) is 14.2 Å². The molecular formula is C5H15NO2Si.